The molecule has 0 radical (unpaired) electrons. The fourth-order valence-electron chi connectivity index (χ4n) is 2.35. The fraction of sp³-hybridized carbons (Fsp3) is 0.500. The molecule has 0 aliphatic carbocycles. The first-order valence-corrected chi connectivity index (χ1v) is 7.04. The average molecular weight is 282 g/mol. The average Bonchev–Trinajstić information content (AvgIpc) is 2.39. The number of ether oxygens (including phenoxy) is 1. The second-order valence-corrected chi connectivity index (χ2v) is 5.18. The minimum Gasteiger partial charge on any atom is -0.491 e. The van der Waals surface area contributed by atoms with Gasteiger partial charge in [0.25, 0.3) is 0 Å². The van der Waals surface area contributed by atoms with Crippen LogP contribution in [0.5, 0.6) is 5.75 Å². The van der Waals surface area contributed by atoms with Crippen molar-refractivity contribution in [2.24, 2.45) is 5.73 Å². The van der Waals surface area contributed by atoms with Gasteiger partial charge in [0.05, 0.1) is 10.6 Å². The van der Waals surface area contributed by atoms with Gasteiger partial charge in [-0.15, -0.1) is 0 Å². The number of nitrogens with two attached hydrogens (primary N) is 1. The van der Waals surface area contributed by atoms with E-state index in [0.717, 1.165) is 19.6 Å². The summed E-state index contributed by atoms with van der Waals surface area (Å²) in [5.74, 6) is 0.538. The lowest BCUT2D eigenvalue weighted by Crippen LogP contribution is -2.33. The molecule has 0 unspecified atom stereocenters. The van der Waals surface area contributed by atoms with E-state index in [1.807, 2.05) is 6.07 Å². The predicted molar refractivity (Wildman–Crippen MR) is 78.3 cm³/mol. The molecular weight excluding hydrogens is 262 g/mol. The van der Waals surface area contributed by atoms with Crippen LogP contribution in [0.25, 0.3) is 0 Å². The third-order valence-corrected chi connectivity index (χ3v) is 3.67. The van der Waals surface area contributed by atoms with E-state index in [1.165, 1.54) is 19.3 Å². The van der Waals surface area contributed by atoms with E-state index in [2.05, 4.69) is 4.90 Å². The number of amidine groups is 1. The van der Waals surface area contributed by atoms with Gasteiger partial charge in [0.2, 0.25) is 0 Å². The Morgan fingerprint density at radius 1 is 1.32 bits per heavy atom. The molecule has 2 rings (SSSR count). The highest BCUT2D eigenvalue weighted by molar-refractivity contribution is 6.34. The number of benzene rings is 1. The molecule has 0 amide bonds. The summed E-state index contributed by atoms with van der Waals surface area (Å²) in [5, 5.41) is 8.01. The maximum atomic E-state index is 7.55. The van der Waals surface area contributed by atoms with Gasteiger partial charge in [-0.3, -0.25) is 10.3 Å². The van der Waals surface area contributed by atoms with Crippen molar-refractivity contribution in [3.8, 4) is 5.75 Å². The Balaban J connectivity index is 1.92. The number of nitrogens with zero attached hydrogens (tertiary/aromatic N) is 1. The van der Waals surface area contributed by atoms with Gasteiger partial charge in [-0.05, 0) is 38.1 Å². The molecule has 1 heterocycles. The molecule has 1 aliphatic rings. The summed E-state index contributed by atoms with van der Waals surface area (Å²) >= 11 is 6.04. The van der Waals surface area contributed by atoms with Crippen molar-refractivity contribution in [1.29, 1.82) is 5.41 Å². The van der Waals surface area contributed by atoms with Crippen LogP contribution in [0.4, 0.5) is 0 Å². The van der Waals surface area contributed by atoms with Gasteiger partial charge in [-0.25, -0.2) is 0 Å². The molecule has 0 aromatic heterocycles. The van der Waals surface area contributed by atoms with E-state index in [-0.39, 0.29) is 5.84 Å². The Hall–Kier alpha value is -1.26. The first-order valence-electron chi connectivity index (χ1n) is 6.66. The third-order valence-electron chi connectivity index (χ3n) is 3.36. The summed E-state index contributed by atoms with van der Waals surface area (Å²) in [5.41, 5.74) is 6.03. The number of hydrogen-bond donors (Lipinski definition) is 2. The van der Waals surface area contributed by atoms with Gasteiger partial charge in [-0.2, -0.15) is 0 Å². The molecular formula is C14H20ClN3O. The summed E-state index contributed by atoms with van der Waals surface area (Å²) in [6.45, 7) is 3.81. The molecule has 19 heavy (non-hydrogen) atoms. The van der Waals surface area contributed by atoms with Gasteiger partial charge in [0, 0.05) is 6.54 Å². The smallest absolute Gasteiger partial charge is 0.131 e. The minimum absolute atomic E-state index is 0.0569. The van der Waals surface area contributed by atoms with Crippen molar-refractivity contribution in [1.82, 2.24) is 4.90 Å². The first kappa shape index (κ1) is 14.2. The zero-order chi connectivity index (χ0) is 13.7. The number of rotatable bonds is 5. The van der Waals surface area contributed by atoms with Crippen molar-refractivity contribution in [2.75, 3.05) is 26.2 Å². The van der Waals surface area contributed by atoms with Crippen LogP contribution in [-0.4, -0.2) is 37.0 Å². The van der Waals surface area contributed by atoms with Gasteiger partial charge >= 0.3 is 0 Å². The van der Waals surface area contributed by atoms with Crippen molar-refractivity contribution >= 4 is 17.4 Å². The van der Waals surface area contributed by atoms with E-state index in [9.17, 15) is 0 Å². The van der Waals surface area contributed by atoms with Crippen molar-refractivity contribution in [3.05, 3.63) is 28.8 Å². The standard InChI is InChI=1S/C14H20ClN3O/c15-11-5-4-6-12(13(11)14(16)17)19-10-9-18-7-2-1-3-8-18/h4-6H,1-3,7-10H2,(H3,16,17). The molecule has 4 nitrogen and oxygen atoms in total. The van der Waals surface area contributed by atoms with E-state index in [0.29, 0.717) is 22.9 Å². The summed E-state index contributed by atoms with van der Waals surface area (Å²) < 4.78 is 5.74. The quantitative estimate of drug-likeness (QED) is 0.644. The molecule has 0 spiro atoms. The van der Waals surface area contributed by atoms with Crippen LogP contribution >= 0.6 is 11.6 Å². The molecule has 1 saturated heterocycles. The molecule has 0 bridgehead atoms. The molecule has 1 aromatic carbocycles. The molecule has 1 aromatic rings. The lowest BCUT2D eigenvalue weighted by atomic mass is 10.1. The molecule has 5 heteroatoms. The predicted octanol–water partition coefficient (Wildman–Crippen LogP) is 2.49. The van der Waals surface area contributed by atoms with E-state index >= 15 is 0 Å². The van der Waals surface area contributed by atoms with Crippen molar-refractivity contribution in [2.45, 2.75) is 19.3 Å². The van der Waals surface area contributed by atoms with Crippen LogP contribution in [-0.2, 0) is 0 Å². The van der Waals surface area contributed by atoms with Crippen LogP contribution in [0.1, 0.15) is 24.8 Å². The highest BCUT2D eigenvalue weighted by atomic mass is 35.5. The van der Waals surface area contributed by atoms with Crippen LogP contribution in [0.15, 0.2) is 18.2 Å². The lowest BCUT2D eigenvalue weighted by molar-refractivity contribution is 0.183. The Kier molecular flexibility index (Phi) is 5.05. The van der Waals surface area contributed by atoms with Crippen molar-refractivity contribution < 1.29 is 4.74 Å². The fourth-order valence-corrected chi connectivity index (χ4v) is 2.62. The second-order valence-electron chi connectivity index (χ2n) is 4.78. The van der Waals surface area contributed by atoms with Crippen LogP contribution < -0.4 is 10.5 Å². The van der Waals surface area contributed by atoms with E-state index in [4.69, 9.17) is 27.5 Å². The maximum absolute atomic E-state index is 7.55. The third kappa shape index (κ3) is 3.85. The highest BCUT2D eigenvalue weighted by Crippen LogP contribution is 2.25. The SMILES string of the molecule is N=C(N)c1c(Cl)cccc1OCCN1CCCCC1. The van der Waals surface area contributed by atoms with Crippen LogP contribution in [0, 0.1) is 5.41 Å². The van der Waals surface area contributed by atoms with E-state index in [1.54, 1.807) is 12.1 Å². The number of halogens is 1. The number of nitrogen functional groups attached to an aromatic ring is 1. The summed E-state index contributed by atoms with van der Waals surface area (Å²) in [7, 11) is 0. The van der Waals surface area contributed by atoms with Crippen LogP contribution in [0.2, 0.25) is 5.02 Å². The topological polar surface area (TPSA) is 62.3 Å². The normalized spacial score (nSPS) is 16.3. The number of hydrogen-bond acceptors (Lipinski definition) is 3. The summed E-state index contributed by atoms with van der Waals surface area (Å²) in [6.07, 6.45) is 3.88. The Morgan fingerprint density at radius 2 is 2.05 bits per heavy atom. The monoisotopic (exact) mass is 281 g/mol. The molecule has 104 valence electrons. The Bertz CT molecular complexity index is 444. The molecule has 0 saturated carbocycles. The summed E-state index contributed by atoms with van der Waals surface area (Å²) in [6, 6.07) is 5.33. The van der Waals surface area contributed by atoms with Crippen LogP contribution in [0.3, 0.4) is 0 Å². The zero-order valence-electron chi connectivity index (χ0n) is 11.0. The van der Waals surface area contributed by atoms with Crippen molar-refractivity contribution in [3.63, 3.8) is 0 Å². The van der Waals surface area contributed by atoms with Gasteiger partial charge in [0.15, 0.2) is 0 Å². The largest absolute Gasteiger partial charge is 0.491 e. The van der Waals surface area contributed by atoms with Gasteiger partial charge in [-0.1, -0.05) is 24.1 Å². The number of piperidine rings is 1. The maximum Gasteiger partial charge on any atom is 0.131 e. The summed E-state index contributed by atoms with van der Waals surface area (Å²) in [4.78, 5) is 2.40. The lowest BCUT2D eigenvalue weighted by Gasteiger charge is -2.26. The van der Waals surface area contributed by atoms with E-state index < -0.39 is 0 Å². The molecule has 0 atom stereocenters. The minimum atomic E-state index is -0.0569. The molecule has 3 N–H and O–H groups in total. The first-order chi connectivity index (χ1) is 9.18. The van der Waals surface area contributed by atoms with Gasteiger partial charge in [0.1, 0.15) is 18.2 Å². The van der Waals surface area contributed by atoms with Gasteiger partial charge < -0.3 is 10.5 Å². The molecule has 1 aliphatic heterocycles. The zero-order valence-corrected chi connectivity index (χ0v) is 11.7. The Labute approximate surface area is 119 Å². The number of nitrogens with one attached hydrogen (secondary N) is 1. The molecule has 1 fully saturated rings. The number of likely N-dealkylation sites (tertiary alicyclic amines) is 1. The highest BCUT2D eigenvalue weighted by Gasteiger charge is 2.13. The second kappa shape index (κ2) is 6.78. The Morgan fingerprint density at radius 3 is 2.74 bits per heavy atom.